The summed E-state index contributed by atoms with van der Waals surface area (Å²) in [5.41, 5.74) is 1.31. The highest BCUT2D eigenvalue weighted by Gasteiger charge is 2.12. The number of nitrogens with one attached hydrogen (secondary N) is 1. The number of benzene rings is 1. The van der Waals surface area contributed by atoms with Crippen molar-refractivity contribution in [2.75, 3.05) is 11.6 Å². The van der Waals surface area contributed by atoms with Gasteiger partial charge in [-0.3, -0.25) is 4.68 Å². The summed E-state index contributed by atoms with van der Waals surface area (Å²) in [6.45, 7) is 0. The lowest BCUT2D eigenvalue weighted by Crippen LogP contribution is -2.02. The van der Waals surface area contributed by atoms with E-state index >= 15 is 0 Å². The predicted molar refractivity (Wildman–Crippen MR) is 66.0 cm³/mol. The molecule has 0 fully saturated rings. The molecule has 0 amide bonds. The lowest BCUT2D eigenvalue weighted by atomic mass is 10.3. The number of hydrogen-bond donors (Lipinski definition) is 1. The maximum Gasteiger partial charge on any atom is 0.177 e. The van der Waals surface area contributed by atoms with Crippen LogP contribution in [-0.2, 0) is 16.9 Å². The molecular weight excluding hydrogens is 238 g/mol. The molecule has 0 aliphatic carbocycles. The topological polar surface area (TPSA) is 64.0 Å². The minimum Gasteiger partial charge on any atom is -0.352 e. The second-order valence-corrected chi connectivity index (χ2v) is 5.78. The zero-order valence-electron chi connectivity index (χ0n) is 9.58. The van der Waals surface area contributed by atoms with Gasteiger partial charge < -0.3 is 5.32 Å². The molecular formula is C11H13N3O2S. The van der Waals surface area contributed by atoms with Crippen LogP contribution in [0.3, 0.4) is 0 Å². The molecule has 5 nitrogen and oxygen atoms in total. The number of sulfone groups is 1. The first kappa shape index (κ1) is 11.7. The molecule has 17 heavy (non-hydrogen) atoms. The third kappa shape index (κ3) is 2.65. The Hall–Kier alpha value is -1.82. The average molecular weight is 251 g/mol. The SMILES string of the molecule is Cn1cc(Nc2ccccc2S(C)(=O)=O)cn1. The number of aromatic nitrogens is 2. The van der Waals surface area contributed by atoms with Crippen molar-refractivity contribution in [3.05, 3.63) is 36.7 Å². The van der Waals surface area contributed by atoms with Gasteiger partial charge in [0.05, 0.1) is 22.5 Å². The molecule has 90 valence electrons. The van der Waals surface area contributed by atoms with Crippen molar-refractivity contribution in [1.82, 2.24) is 9.78 Å². The van der Waals surface area contributed by atoms with Crippen LogP contribution in [-0.4, -0.2) is 24.5 Å². The zero-order valence-corrected chi connectivity index (χ0v) is 10.4. The van der Waals surface area contributed by atoms with E-state index in [0.717, 1.165) is 5.69 Å². The van der Waals surface area contributed by atoms with E-state index in [1.54, 1.807) is 48.4 Å². The summed E-state index contributed by atoms with van der Waals surface area (Å²) >= 11 is 0. The minimum absolute atomic E-state index is 0.281. The summed E-state index contributed by atoms with van der Waals surface area (Å²) in [4.78, 5) is 0.281. The van der Waals surface area contributed by atoms with Gasteiger partial charge >= 0.3 is 0 Å². The Morgan fingerprint density at radius 3 is 2.59 bits per heavy atom. The van der Waals surface area contributed by atoms with Gasteiger partial charge in [-0.15, -0.1) is 0 Å². The zero-order chi connectivity index (χ0) is 12.5. The average Bonchev–Trinajstić information content (AvgIpc) is 2.63. The quantitative estimate of drug-likeness (QED) is 0.899. The van der Waals surface area contributed by atoms with E-state index in [4.69, 9.17) is 0 Å². The van der Waals surface area contributed by atoms with Crippen LogP contribution in [0.1, 0.15) is 0 Å². The Balaban J connectivity index is 2.40. The van der Waals surface area contributed by atoms with Gasteiger partial charge in [0.15, 0.2) is 9.84 Å². The van der Waals surface area contributed by atoms with E-state index in [1.165, 1.54) is 6.26 Å². The summed E-state index contributed by atoms with van der Waals surface area (Å²) in [6, 6.07) is 6.79. The van der Waals surface area contributed by atoms with Crippen LogP contribution < -0.4 is 5.32 Å². The van der Waals surface area contributed by atoms with Crippen LogP contribution in [0.2, 0.25) is 0 Å². The Bertz CT molecular complexity index is 632. The molecule has 0 saturated carbocycles. The van der Waals surface area contributed by atoms with Gasteiger partial charge in [0, 0.05) is 19.5 Å². The molecule has 1 aromatic carbocycles. The van der Waals surface area contributed by atoms with Crippen LogP contribution in [0.25, 0.3) is 0 Å². The fourth-order valence-corrected chi connectivity index (χ4v) is 2.38. The van der Waals surface area contributed by atoms with Crippen molar-refractivity contribution >= 4 is 21.2 Å². The van der Waals surface area contributed by atoms with Gasteiger partial charge in [-0.05, 0) is 12.1 Å². The van der Waals surface area contributed by atoms with Gasteiger partial charge in [0.2, 0.25) is 0 Å². The molecule has 2 rings (SSSR count). The number of aryl methyl sites for hydroxylation is 1. The molecule has 0 atom stereocenters. The Morgan fingerprint density at radius 1 is 1.29 bits per heavy atom. The number of anilines is 2. The Kier molecular flexibility index (Phi) is 2.89. The Labute approximate surface area is 100 Å². The third-order valence-corrected chi connectivity index (χ3v) is 3.43. The molecule has 0 spiro atoms. The van der Waals surface area contributed by atoms with Gasteiger partial charge in [0.1, 0.15) is 0 Å². The van der Waals surface area contributed by atoms with Gasteiger partial charge in [0.25, 0.3) is 0 Å². The van der Waals surface area contributed by atoms with Crippen molar-refractivity contribution in [3.8, 4) is 0 Å². The molecule has 0 aliphatic rings. The molecule has 0 unspecified atom stereocenters. The summed E-state index contributed by atoms with van der Waals surface area (Å²) in [5.74, 6) is 0. The highest BCUT2D eigenvalue weighted by molar-refractivity contribution is 7.90. The van der Waals surface area contributed by atoms with Crippen molar-refractivity contribution in [1.29, 1.82) is 0 Å². The standard InChI is InChI=1S/C11H13N3O2S/c1-14-8-9(7-12-14)13-10-5-3-4-6-11(10)17(2,15)16/h3-8,13H,1-2H3. The summed E-state index contributed by atoms with van der Waals surface area (Å²) in [5, 5.41) is 7.05. The molecule has 1 N–H and O–H groups in total. The van der Waals surface area contributed by atoms with E-state index in [1.807, 2.05) is 0 Å². The number of rotatable bonds is 3. The number of nitrogens with zero attached hydrogens (tertiary/aromatic N) is 2. The third-order valence-electron chi connectivity index (χ3n) is 2.27. The van der Waals surface area contributed by atoms with Gasteiger partial charge in [-0.25, -0.2) is 8.42 Å². The molecule has 6 heteroatoms. The van der Waals surface area contributed by atoms with Crippen LogP contribution >= 0.6 is 0 Å². The van der Waals surface area contributed by atoms with Crippen LogP contribution in [0.5, 0.6) is 0 Å². The molecule has 0 bridgehead atoms. The molecule has 0 saturated heterocycles. The largest absolute Gasteiger partial charge is 0.352 e. The van der Waals surface area contributed by atoms with Crippen molar-refractivity contribution in [3.63, 3.8) is 0 Å². The van der Waals surface area contributed by atoms with Gasteiger partial charge in [-0.2, -0.15) is 5.10 Å². The van der Waals surface area contributed by atoms with Crippen LogP contribution in [0.4, 0.5) is 11.4 Å². The maximum absolute atomic E-state index is 11.6. The summed E-state index contributed by atoms with van der Waals surface area (Å²) in [6.07, 6.45) is 4.61. The lowest BCUT2D eigenvalue weighted by Gasteiger charge is -2.08. The van der Waals surface area contributed by atoms with Crippen molar-refractivity contribution < 1.29 is 8.42 Å². The molecule has 2 aromatic rings. The first-order valence-electron chi connectivity index (χ1n) is 5.01. The molecule has 0 radical (unpaired) electrons. The van der Waals surface area contributed by atoms with Crippen LogP contribution in [0, 0.1) is 0 Å². The fourth-order valence-electron chi connectivity index (χ4n) is 1.53. The number of para-hydroxylation sites is 1. The fraction of sp³-hybridized carbons (Fsp3) is 0.182. The summed E-state index contributed by atoms with van der Waals surface area (Å²) < 4.78 is 24.8. The van der Waals surface area contributed by atoms with E-state index < -0.39 is 9.84 Å². The van der Waals surface area contributed by atoms with E-state index in [-0.39, 0.29) is 4.90 Å². The second kappa shape index (κ2) is 4.21. The lowest BCUT2D eigenvalue weighted by molar-refractivity contribution is 0.602. The normalized spacial score (nSPS) is 11.4. The smallest absolute Gasteiger partial charge is 0.177 e. The Morgan fingerprint density at radius 2 is 2.00 bits per heavy atom. The first-order chi connectivity index (χ1) is 7.97. The van der Waals surface area contributed by atoms with E-state index in [2.05, 4.69) is 10.4 Å². The van der Waals surface area contributed by atoms with E-state index in [0.29, 0.717) is 5.69 Å². The monoisotopic (exact) mass is 251 g/mol. The van der Waals surface area contributed by atoms with Gasteiger partial charge in [-0.1, -0.05) is 12.1 Å². The second-order valence-electron chi connectivity index (χ2n) is 3.80. The highest BCUT2D eigenvalue weighted by Crippen LogP contribution is 2.24. The van der Waals surface area contributed by atoms with E-state index in [9.17, 15) is 8.42 Å². The molecule has 1 heterocycles. The predicted octanol–water partition coefficient (Wildman–Crippen LogP) is 1.57. The summed E-state index contributed by atoms with van der Waals surface area (Å²) in [7, 11) is -1.44. The molecule has 0 aliphatic heterocycles. The van der Waals surface area contributed by atoms with Crippen molar-refractivity contribution in [2.24, 2.45) is 7.05 Å². The molecule has 1 aromatic heterocycles. The maximum atomic E-state index is 11.6. The van der Waals surface area contributed by atoms with Crippen LogP contribution in [0.15, 0.2) is 41.6 Å². The van der Waals surface area contributed by atoms with Crippen molar-refractivity contribution in [2.45, 2.75) is 4.90 Å². The highest BCUT2D eigenvalue weighted by atomic mass is 32.2. The first-order valence-corrected chi connectivity index (χ1v) is 6.91. The minimum atomic E-state index is -3.24. The number of hydrogen-bond acceptors (Lipinski definition) is 4.